The van der Waals surface area contributed by atoms with Gasteiger partial charge in [-0.3, -0.25) is 9.59 Å². The Morgan fingerprint density at radius 2 is 1.95 bits per heavy atom. The number of halogens is 1. The minimum Gasteiger partial charge on any atom is -0.356 e. The van der Waals surface area contributed by atoms with Gasteiger partial charge in [-0.15, -0.1) is 0 Å². The summed E-state index contributed by atoms with van der Waals surface area (Å²) < 4.78 is 0. The molecule has 0 heterocycles. The molecule has 22 heavy (non-hydrogen) atoms. The fraction of sp³-hybridized carbons (Fsp3) is 0.529. The summed E-state index contributed by atoms with van der Waals surface area (Å²) in [5, 5.41) is 3.52. The Bertz CT molecular complexity index is 524. The molecule has 0 atom stereocenters. The SMILES string of the molecule is CN(Cc1cccc(Cl)c1)C(=O)CCCNC(=O)C(C)(C)C. The van der Waals surface area contributed by atoms with E-state index >= 15 is 0 Å². The molecule has 5 heteroatoms. The van der Waals surface area contributed by atoms with Crippen LogP contribution >= 0.6 is 11.6 Å². The Balaban J connectivity index is 2.32. The van der Waals surface area contributed by atoms with Crippen LogP contribution in [0.4, 0.5) is 0 Å². The molecule has 0 aromatic heterocycles. The number of nitrogens with zero attached hydrogens (tertiary/aromatic N) is 1. The molecule has 0 unspecified atom stereocenters. The maximum atomic E-state index is 12.1. The van der Waals surface area contributed by atoms with Crippen molar-refractivity contribution in [2.45, 2.75) is 40.2 Å². The quantitative estimate of drug-likeness (QED) is 0.817. The topological polar surface area (TPSA) is 49.4 Å². The van der Waals surface area contributed by atoms with Gasteiger partial charge in [0, 0.05) is 37.0 Å². The second-order valence-electron chi connectivity index (χ2n) is 6.49. The van der Waals surface area contributed by atoms with Crippen molar-refractivity contribution in [3.8, 4) is 0 Å². The van der Waals surface area contributed by atoms with E-state index < -0.39 is 5.41 Å². The lowest BCUT2D eigenvalue weighted by Crippen LogP contribution is -2.35. The Labute approximate surface area is 137 Å². The average molecular weight is 325 g/mol. The van der Waals surface area contributed by atoms with E-state index in [0.29, 0.717) is 31.0 Å². The van der Waals surface area contributed by atoms with Gasteiger partial charge in [-0.25, -0.2) is 0 Å². The first-order valence-corrected chi connectivity index (χ1v) is 7.84. The average Bonchev–Trinajstić information content (AvgIpc) is 2.41. The first-order chi connectivity index (χ1) is 10.2. The number of carbonyl (C=O) groups is 2. The molecule has 4 nitrogen and oxygen atoms in total. The van der Waals surface area contributed by atoms with Crippen molar-refractivity contribution in [3.05, 3.63) is 34.9 Å². The van der Waals surface area contributed by atoms with Crippen molar-refractivity contribution in [2.75, 3.05) is 13.6 Å². The van der Waals surface area contributed by atoms with Crippen molar-refractivity contribution in [2.24, 2.45) is 5.41 Å². The number of carbonyl (C=O) groups excluding carboxylic acids is 2. The van der Waals surface area contributed by atoms with Crippen LogP contribution in [0.1, 0.15) is 39.2 Å². The zero-order chi connectivity index (χ0) is 16.8. The van der Waals surface area contributed by atoms with Crippen molar-refractivity contribution >= 4 is 23.4 Å². The molecule has 0 aliphatic carbocycles. The van der Waals surface area contributed by atoms with Crippen LogP contribution in [0.25, 0.3) is 0 Å². The lowest BCUT2D eigenvalue weighted by molar-refractivity contribution is -0.131. The van der Waals surface area contributed by atoms with Crippen LogP contribution in [0.15, 0.2) is 24.3 Å². The zero-order valence-corrected chi connectivity index (χ0v) is 14.5. The van der Waals surface area contributed by atoms with Crippen LogP contribution in [-0.4, -0.2) is 30.3 Å². The minimum atomic E-state index is -0.395. The standard InChI is InChI=1S/C17H25ClN2O2/c1-17(2,3)16(22)19-10-6-9-15(21)20(4)12-13-7-5-8-14(18)11-13/h5,7-8,11H,6,9-10,12H2,1-4H3,(H,19,22). The molecule has 0 saturated heterocycles. The van der Waals surface area contributed by atoms with Crippen molar-refractivity contribution < 1.29 is 9.59 Å². The van der Waals surface area contributed by atoms with Gasteiger partial charge in [0.15, 0.2) is 0 Å². The number of rotatable bonds is 6. The highest BCUT2D eigenvalue weighted by atomic mass is 35.5. The fourth-order valence-corrected chi connectivity index (χ4v) is 2.11. The van der Waals surface area contributed by atoms with Crippen molar-refractivity contribution in [1.29, 1.82) is 0 Å². The summed E-state index contributed by atoms with van der Waals surface area (Å²) in [5.74, 6) is 0.0669. The molecule has 0 spiro atoms. The molecule has 0 bridgehead atoms. The number of benzene rings is 1. The molecule has 1 rings (SSSR count). The Hall–Kier alpha value is -1.55. The third kappa shape index (κ3) is 6.48. The van der Waals surface area contributed by atoms with Crippen LogP contribution < -0.4 is 5.32 Å². The summed E-state index contributed by atoms with van der Waals surface area (Å²) >= 11 is 5.93. The van der Waals surface area contributed by atoms with E-state index in [0.717, 1.165) is 5.56 Å². The highest BCUT2D eigenvalue weighted by Crippen LogP contribution is 2.13. The molecule has 0 saturated carbocycles. The Morgan fingerprint density at radius 3 is 2.55 bits per heavy atom. The molecular formula is C17H25ClN2O2. The van der Waals surface area contributed by atoms with Crippen LogP contribution in [0.2, 0.25) is 5.02 Å². The van der Waals surface area contributed by atoms with Gasteiger partial charge in [0.1, 0.15) is 0 Å². The highest BCUT2D eigenvalue weighted by Gasteiger charge is 2.20. The first-order valence-electron chi connectivity index (χ1n) is 7.47. The van der Waals surface area contributed by atoms with Crippen molar-refractivity contribution in [3.63, 3.8) is 0 Å². The number of amides is 2. The van der Waals surface area contributed by atoms with Crippen molar-refractivity contribution in [1.82, 2.24) is 10.2 Å². The normalized spacial score (nSPS) is 11.1. The molecule has 0 aliphatic heterocycles. The van der Waals surface area contributed by atoms with Crippen LogP contribution in [0, 0.1) is 5.41 Å². The molecular weight excluding hydrogens is 300 g/mol. The maximum absolute atomic E-state index is 12.1. The second-order valence-corrected chi connectivity index (χ2v) is 6.93. The third-order valence-electron chi connectivity index (χ3n) is 3.27. The van der Waals surface area contributed by atoms with Gasteiger partial charge in [-0.1, -0.05) is 44.5 Å². The highest BCUT2D eigenvalue weighted by molar-refractivity contribution is 6.30. The van der Waals surface area contributed by atoms with Gasteiger partial charge in [-0.05, 0) is 24.1 Å². The van der Waals surface area contributed by atoms with E-state index in [1.807, 2.05) is 45.0 Å². The largest absolute Gasteiger partial charge is 0.356 e. The summed E-state index contributed by atoms with van der Waals surface area (Å²) in [6, 6.07) is 7.48. The van der Waals surface area contributed by atoms with Gasteiger partial charge in [0.2, 0.25) is 11.8 Å². The van der Waals surface area contributed by atoms with Gasteiger partial charge in [0.25, 0.3) is 0 Å². The lowest BCUT2D eigenvalue weighted by Gasteiger charge is -2.19. The predicted molar refractivity (Wildman–Crippen MR) is 89.6 cm³/mol. The van der Waals surface area contributed by atoms with Crippen LogP contribution in [0.3, 0.4) is 0 Å². The van der Waals surface area contributed by atoms with Gasteiger partial charge in [-0.2, -0.15) is 0 Å². The van der Waals surface area contributed by atoms with E-state index in [-0.39, 0.29) is 11.8 Å². The molecule has 0 aliphatic rings. The minimum absolute atomic E-state index is 0.00670. The Kier molecular flexibility index (Phi) is 6.88. The Morgan fingerprint density at radius 1 is 1.27 bits per heavy atom. The van der Waals surface area contributed by atoms with E-state index in [9.17, 15) is 9.59 Å². The fourth-order valence-electron chi connectivity index (χ4n) is 1.89. The molecule has 122 valence electrons. The number of hydrogen-bond donors (Lipinski definition) is 1. The predicted octanol–water partition coefficient (Wildman–Crippen LogP) is 3.24. The maximum Gasteiger partial charge on any atom is 0.225 e. The number of nitrogens with one attached hydrogen (secondary N) is 1. The van der Waals surface area contributed by atoms with E-state index in [1.54, 1.807) is 11.9 Å². The molecule has 0 radical (unpaired) electrons. The van der Waals surface area contributed by atoms with Crippen LogP contribution in [0.5, 0.6) is 0 Å². The molecule has 0 fully saturated rings. The summed E-state index contributed by atoms with van der Waals surface area (Å²) in [5.41, 5.74) is 0.609. The smallest absolute Gasteiger partial charge is 0.225 e. The summed E-state index contributed by atoms with van der Waals surface area (Å²) in [7, 11) is 1.77. The summed E-state index contributed by atoms with van der Waals surface area (Å²) in [4.78, 5) is 25.4. The number of hydrogen-bond acceptors (Lipinski definition) is 2. The molecule has 1 aromatic rings. The molecule has 2 amide bonds. The zero-order valence-electron chi connectivity index (χ0n) is 13.8. The summed E-state index contributed by atoms with van der Waals surface area (Å²) in [6.45, 7) is 6.66. The van der Waals surface area contributed by atoms with Gasteiger partial charge in [0.05, 0.1) is 0 Å². The van der Waals surface area contributed by atoms with E-state index in [1.165, 1.54) is 0 Å². The van der Waals surface area contributed by atoms with Gasteiger partial charge >= 0.3 is 0 Å². The third-order valence-corrected chi connectivity index (χ3v) is 3.50. The lowest BCUT2D eigenvalue weighted by atomic mass is 9.96. The van der Waals surface area contributed by atoms with E-state index in [2.05, 4.69) is 5.32 Å². The summed E-state index contributed by atoms with van der Waals surface area (Å²) in [6.07, 6.45) is 1.06. The monoisotopic (exact) mass is 324 g/mol. The van der Waals surface area contributed by atoms with Gasteiger partial charge < -0.3 is 10.2 Å². The molecule has 1 N–H and O–H groups in total. The van der Waals surface area contributed by atoms with Crippen LogP contribution in [-0.2, 0) is 16.1 Å². The molecule has 1 aromatic carbocycles. The second kappa shape index (κ2) is 8.18. The van der Waals surface area contributed by atoms with E-state index in [4.69, 9.17) is 11.6 Å². The first kappa shape index (κ1) is 18.5.